The van der Waals surface area contributed by atoms with Crippen molar-refractivity contribution in [3.05, 3.63) is 0 Å². The van der Waals surface area contributed by atoms with Crippen molar-refractivity contribution in [1.82, 2.24) is 5.32 Å². The second-order valence-corrected chi connectivity index (χ2v) is 4.51. The summed E-state index contributed by atoms with van der Waals surface area (Å²) in [5.41, 5.74) is 4.76. The number of hydrogen-bond acceptors (Lipinski definition) is 4. The molecule has 2 amide bonds. The van der Waals surface area contributed by atoms with E-state index in [0.717, 1.165) is 19.3 Å². The zero-order valence-electron chi connectivity index (χ0n) is 11.9. The Morgan fingerprint density at radius 1 is 1.37 bits per heavy atom. The maximum absolute atomic E-state index is 11.2. The first-order valence-corrected chi connectivity index (χ1v) is 6.61. The Morgan fingerprint density at radius 3 is 2.37 bits per heavy atom. The average Bonchev–Trinajstić information content (AvgIpc) is 2.71. The van der Waals surface area contributed by atoms with Crippen molar-refractivity contribution < 1.29 is 19.1 Å². The van der Waals surface area contributed by atoms with Gasteiger partial charge in [-0.3, -0.25) is 14.4 Å². The third-order valence-corrected chi connectivity index (χ3v) is 2.90. The van der Waals surface area contributed by atoms with E-state index in [1.807, 2.05) is 13.8 Å². The summed E-state index contributed by atoms with van der Waals surface area (Å²) < 4.78 is 4.58. The fraction of sp³-hybridized carbons (Fsp3) is 0.769. The number of primary amides is 1. The van der Waals surface area contributed by atoms with Gasteiger partial charge in [-0.05, 0) is 18.8 Å². The largest absolute Gasteiger partial charge is 0.468 e. The Hall–Kier alpha value is -1.59. The molecule has 0 bridgehead atoms. The van der Waals surface area contributed by atoms with Gasteiger partial charge in [-0.15, -0.1) is 0 Å². The summed E-state index contributed by atoms with van der Waals surface area (Å²) in [6, 6.07) is 0. The van der Waals surface area contributed by atoms with Crippen molar-refractivity contribution in [2.24, 2.45) is 17.6 Å². The summed E-state index contributed by atoms with van der Waals surface area (Å²) in [7, 11) is 1.32. The number of carbonyl (C=O) groups excluding carboxylic acids is 3. The number of methoxy groups -OCH3 is 1. The lowest BCUT2D eigenvalue weighted by Crippen LogP contribution is -2.28. The number of hydrogen-bond donors (Lipinski definition) is 2. The highest BCUT2D eigenvalue weighted by atomic mass is 16.5. The van der Waals surface area contributed by atoms with Gasteiger partial charge in [-0.2, -0.15) is 0 Å². The minimum Gasteiger partial charge on any atom is -0.468 e. The van der Waals surface area contributed by atoms with E-state index >= 15 is 0 Å². The molecular weight excluding hydrogens is 248 g/mol. The van der Waals surface area contributed by atoms with Gasteiger partial charge in [0.25, 0.3) is 0 Å². The number of rotatable bonds is 5. The standard InChI is InChI=1S/C9H15NO3.C4H9NO/c1-3-4-6-5-10-8(11)7(6)9(12)13-2;1-2-3-4(5)6/h6-7H,3-5H2,1-2H3,(H,10,11);2-3H2,1H3,(H2,5,6)/t6-,7?;/m0./s1. The maximum Gasteiger partial charge on any atom is 0.318 e. The van der Waals surface area contributed by atoms with Crippen LogP contribution in [0.25, 0.3) is 0 Å². The van der Waals surface area contributed by atoms with E-state index in [1.165, 1.54) is 7.11 Å². The quantitative estimate of drug-likeness (QED) is 0.565. The van der Waals surface area contributed by atoms with Gasteiger partial charge in [0.05, 0.1) is 7.11 Å². The van der Waals surface area contributed by atoms with Gasteiger partial charge in [0.1, 0.15) is 5.92 Å². The molecule has 1 fully saturated rings. The molecule has 0 aromatic carbocycles. The topological polar surface area (TPSA) is 98.5 Å². The third kappa shape index (κ3) is 6.22. The molecule has 0 aliphatic carbocycles. The number of nitrogens with one attached hydrogen (secondary N) is 1. The second-order valence-electron chi connectivity index (χ2n) is 4.51. The molecule has 1 aliphatic heterocycles. The molecule has 110 valence electrons. The Morgan fingerprint density at radius 2 is 2.00 bits per heavy atom. The van der Waals surface area contributed by atoms with Crippen LogP contribution in [-0.2, 0) is 19.1 Å². The highest BCUT2D eigenvalue weighted by molar-refractivity contribution is 5.99. The van der Waals surface area contributed by atoms with Crippen LogP contribution in [-0.4, -0.2) is 31.4 Å². The number of nitrogens with two attached hydrogens (primary N) is 1. The minimum absolute atomic E-state index is 0.116. The van der Waals surface area contributed by atoms with E-state index in [0.29, 0.717) is 13.0 Å². The molecule has 3 N–H and O–H groups in total. The van der Waals surface area contributed by atoms with E-state index in [2.05, 4.69) is 10.1 Å². The Kier molecular flexibility index (Phi) is 8.57. The van der Waals surface area contributed by atoms with Gasteiger partial charge >= 0.3 is 5.97 Å². The molecule has 0 spiro atoms. The molecule has 0 aromatic heterocycles. The van der Waals surface area contributed by atoms with Crippen molar-refractivity contribution in [2.45, 2.75) is 39.5 Å². The number of esters is 1. The molecule has 1 saturated heterocycles. The lowest BCUT2D eigenvalue weighted by Gasteiger charge is -2.12. The number of ether oxygens (including phenoxy) is 1. The zero-order chi connectivity index (χ0) is 14.8. The van der Waals surface area contributed by atoms with Crippen LogP contribution < -0.4 is 11.1 Å². The SMILES string of the molecule is CCCC(N)=O.CCC[C@H]1CNC(=O)C1C(=O)OC. The van der Waals surface area contributed by atoms with Gasteiger partial charge in [0.15, 0.2) is 0 Å². The van der Waals surface area contributed by atoms with Gasteiger partial charge in [0, 0.05) is 13.0 Å². The molecule has 6 nitrogen and oxygen atoms in total. The van der Waals surface area contributed by atoms with Gasteiger partial charge in [-0.1, -0.05) is 20.3 Å². The van der Waals surface area contributed by atoms with E-state index in [-0.39, 0.29) is 17.7 Å². The lowest BCUT2D eigenvalue weighted by molar-refractivity contribution is -0.150. The van der Waals surface area contributed by atoms with Crippen LogP contribution in [0, 0.1) is 11.8 Å². The van der Waals surface area contributed by atoms with Crippen LogP contribution in [0.5, 0.6) is 0 Å². The van der Waals surface area contributed by atoms with Gasteiger partial charge < -0.3 is 15.8 Å². The Labute approximate surface area is 114 Å². The van der Waals surface area contributed by atoms with Crippen LogP contribution in [0.1, 0.15) is 39.5 Å². The molecule has 6 heteroatoms. The molecule has 1 aliphatic rings. The van der Waals surface area contributed by atoms with E-state index in [9.17, 15) is 14.4 Å². The maximum atomic E-state index is 11.2. The summed E-state index contributed by atoms with van der Waals surface area (Å²) in [6.45, 7) is 4.56. The van der Waals surface area contributed by atoms with Gasteiger partial charge in [-0.25, -0.2) is 0 Å². The zero-order valence-corrected chi connectivity index (χ0v) is 11.9. The normalized spacial score (nSPS) is 21.1. The molecule has 0 saturated carbocycles. The first kappa shape index (κ1) is 17.4. The van der Waals surface area contributed by atoms with Crippen LogP contribution in [0.2, 0.25) is 0 Å². The van der Waals surface area contributed by atoms with Crippen molar-refractivity contribution in [3.8, 4) is 0 Å². The molecule has 19 heavy (non-hydrogen) atoms. The van der Waals surface area contributed by atoms with Crippen molar-refractivity contribution in [2.75, 3.05) is 13.7 Å². The smallest absolute Gasteiger partial charge is 0.318 e. The van der Waals surface area contributed by atoms with E-state index < -0.39 is 11.9 Å². The first-order chi connectivity index (χ1) is 8.97. The number of carbonyl (C=O) groups is 3. The summed E-state index contributed by atoms with van der Waals surface area (Å²) in [5, 5.41) is 2.68. The Bertz CT molecular complexity index is 318. The predicted molar refractivity (Wildman–Crippen MR) is 71.0 cm³/mol. The summed E-state index contributed by atoms with van der Waals surface area (Å²) in [5.74, 6) is -1.27. The fourth-order valence-electron chi connectivity index (χ4n) is 1.99. The lowest BCUT2D eigenvalue weighted by atomic mass is 9.91. The van der Waals surface area contributed by atoms with E-state index in [1.54, 1.807) is 0 Å². The van der Waals surface area contributed by atoms with E-state index in [4.69, 9.17) is 5.73 Å². The average molecular weight is 272 g/mol. The van der Waals surface area contributed by atoms with Crippen LogP contribution in [0.15, 0.2) is 0 Å². The predicted octanol–water partition coefficient (Wildman–Crippen LogP) is 0.594. The third-order valence-electron chi connectivity index (χ3n) is 2.90. The molecule has 1 rings (SSSR count). The minimum atomic E-state index is -0.579. The molecule has 2 atom stereocenters. The molecular formula is C13H24N2O4. The molecule has 1 heterocycles. The van der Waals surface area contributed by atoms with Crippen molar-refractivity contribution in [3.63, 3.8) is 0 Å². The Balaban J connectivity index is 0.000000459. The second kappa shape index (κ2) is 9.35. The first-order valence-electron chi connectivity index (χ1n) is 6.61. The summed E-state index contributed by atoms with van der Waals surface area (Å²) in [4.78, 5) is 32.3. The van der Waals surface area contributed by atoms with Crippen LogP contribution in [0.4, 0.5) is 0 Å². The molecule has 0 aromatic rings. The van der Waals surface area contributed by atoms with Gasteiger partial charge in [0.2, 0.25) is 11.8 Å². The summed E-state index contributed by atoms with van der Waals surface area (Å²) in [6.07, 6.45) is 3.24. The highest BCUT2D eigenvalue weighted by Crippen LogP contribution is 2.23. The number of amides is 2. The highest BCUT2D eigenvalue weighted by Gasteiger charge is 2.40. The van der Waals surface area contributed by atoms with Crippen molar-refractivity contribution in [1.29, 1.82) is 0 Å². The molecule has 0 radical (unpaired) electrons. The van der Waals surface area contributed by atoms with Crippen LogP contribution >= 0.6 is 0 Å². The van der Waals surface area contributed by atoms with Crippen molar-refractivity contribution >= 4 is 17.8 Å². The fourth-order valence-corrected chi connectivity index (χ4v) is 1.99. The molecule has 1 unspecified atom stereocenters. The monoisotopic (exact) mass is 272 g/mol. The summed E-state index contributed by atoms with van der Waals surface area (Å²) >= 11 is 0. The van der Waals surface area contributed by atoms with Crippen LogP contribution in [0.3, 0.4) is 0 Å².